The maximum Gasteiger partial charge on any atom is 0.194 e. The highest BCUT2D eigenvalue weighted by Gasteiger charge is 2.17. The molecule has 0 unspecified atom stereocenters. The van der Waals surface area contributed by atoms with Crippen LogP contribution in [0, 0.1) is 13.8 Å². The summed E-state index contributed by atoms with van der Waals surface area (Å²) in [6.45, 7) is 7.37. The molecular formula is C24H23Cl2N3O2. The summed E-state index contributed by atoms with van der Waals surface area (Å²) in [6, 6.07) is 10.5. The van der Waals surface area contributed by atoms with Crippen LogP contribution in [-0.2, 0) is 13.1 Å². The zero-order valence-corrected chi connectivity index (χ0v) is 19.1. The molecule has 160 valence electrons. The highest BCUT2D eigenvalue weighted by atomic mass is 35.5. The van der Waals surface area contributed by atoms with Crippen molar-refractivity contribution < 1.29 is 0 Å². The molecule has 5 nitrogen and oxygen atoms in total. The lowest BCUT2D eigenvalue weighted by Crippen LogP contribution is -2.30. The number of halogens is 2. The summed E-state index contributed by atoms with van der Waals surface area (Å²) >= 11 is 12.1. The Morgan fingerprint density at radius 2 is 1.19 bits per heavy atom. The average molecular weight is 456 g/mol. The summed E-state index contributed by atoms with van der Waals surface area (Å²) in [5.41, 5.74) is 4.41. The van der Waals surface area contributed by atoms with Crippen molar-refractivity contribution in [3.8, 4) is 0 Å². The molecule has 0 aliphatic carbocycles. The third-order valence-corrected chi connectivity index (χ3v) is 6.23. The van der Waals surface area contributed by atoms with Crippen LogP contribution in [0.15, 0.2) is 46.0 Å². The van der Waals surface area contributed by atoms with Crippen LogP contribution in [0.5, 0.6) is 0 Å². The van der Waals surface area contributed by atoms with Crippen LogP contribution >= 0.6 is 23.2 Å². The zero-order valence-electron chi connectivity index (χ0n) is 17.6. The van der Waals surface area contributed by atoms with Crippen molar-refractivity contribution in [2.24, 2.45) is 0 Å². The van der Waals surface area contributed by atoms with E-state index in [0.717, 1.165) is 22.4 Å². The smallest absolute Gasteiger partial charge is 0.194 e. The fraction of sp³-hybridized carbons (Fsp3) is 0.250. The lowest BCUT2D eigenvalue weighted by atomic mass is 10.1. The van der Waals surface area contributed by atoms with E-state index in [1.165, 1.54) is 0 Å². The van der Waals surface area contributed by atoms with Gasteiger partial charge in [-0.25, -0.2) is 0 Å². The van der Waals surface area contributed by atoms with Gasteiger partial charge in [0.05, 0.1) is 11.0 Å². The number of hydrogen-bond acceptors (Lipinski definition) is 3. The Kier molecular flexibility index (Phi) is 5.93. The number of nitrogens with zero attached hydrogens (tertiary/aromatic N) is 1. The molecule has 0 spiro atoms. The van der Waals surface area contributed by atoms with Gasteiger partial charge in [0.25, 0.3) is 0 Å². The van der Waals surface area contributed by atoms with Gasteiger partial charge in [-0.2, -0.15) is 0 Å². The normalized spacial score (nSPS) is 11.7. The topological polar surface area (TPSA) is 69.0 Å². The SMILES string of the molecule is CCN(Cc1c(C)[nH]c2cc(Cl)ccc2c1=O)Cc1c(C)[nH]c2cc(Cl)ccc2c1=O. The zero-order chi connectivity index (χ0) is 22.3. The van der Waals surface area contributed by atoms with Crippen molar-refractivity contribution in [2.45, 2.75) is 33.9 Å². The predicted octanol–water partition coefficient (Wildman–Crippen LogP) is 5.32. The molecule has 0 atom stereocenters. The average Bonchev–Trinajstić information content (AvgIpc) is 2.72. The maximum atomic E-state index is 13.1. The summed E-state index contributed by atoms with van der Waals surface area (Å²) in [5, 5.41) is 2.38. The summed E-state index contributed by atoms with van der Waals surface area (Å²) < 4.78 is 0. The molecule has 4 aromatic rings. The van der Waals surface area contributed by atoms with Gasteiger partial charge in [0.1, 0.15) is 0 Å². The van der Waals surface area contributed by atoms with Crippen molar-refractivity contribution in [1.82, 2.24) is 14.9 Å². The molecule has 0 saturated carbocycles. The molecule has 2 aromatic heterocycles. The highest BCUT2D eigenvalue weighted by Crippen LogP contribution is 2.20. The van der Waals surface area contributed by atoms with Gasteiger partial charge in [-0.3, -0.25) is 14.5 Å². The molecule has 2 heterocycles. The lowest BCUT2D eigenvalue weighted by molar-refractivity contribution is 0.268. The van der Waals surface area contributed by atoms with Gasteiger partial charge in [0.2, 0.25) is 0 Å². The van der Waals surface area contributed by atoms with Crippen LogP contribution in [-0.4, -0.2) is 21.4 Å². The van der Waals surface area contributed by atoms with Gasteiger partial charge in [0, 0.05) is 56.4 Å². The minimum atomic E-state index is -0.0137. The van der Waals surface area contributed by atoms with Crippen LogP contribution < -0.4 is 10.9 Å². The number of pyridine rings is 2. The fourth-order valence-electron chi connectivity index (χ4n) is 3.96. The highest BCUT2D eigenvalue weighted by molar-refractivity contribution is 6.31. The first-order valence-corrected chi connectivity index (χ1v) is 10.9. The largest absolute Gasteiger partial charge is 0.358 e. The Balaban J connectivity index is 1.72. The lowest BCUT2D eigenvalue weighted by Gasteiger charge is -2.22. The van der Waals surface area contributed by atoms with Crippen molar-refractivity contribution in [1.29, 1.82) is 0 Å². The third kappa shape index (κ3) is 4.13. The van der Waals surface area contributed by atoms with Gasteiger partial charge in [-0.15, -0.1) is 0 Å². The Labute approximate surface area is 189 Å². The molecule has 0 fully saturated rings. The van der Waals surface area contributed by atoms with Crippen LogP contribution in [0.2, 0.25) is 10.0 Å². The fourth-order valence-corrected chi connectivity index (χ4v) is 4.31. The van der Waals surface area contributed by atoms with Gasteiger partial charge >= 0.3 is 0 Å². The quantitative estimate of drug-likeness (QED) is 0.427. The number of aromatic nitrogens is 2. The summed E-state index contributed by atoms with van der Waals surface area (Å²) in [7, 11) is 0. The molecule has 0 aliphatic rings. The molecule has 0 amide bonds. The van der Waals surface area contributed by atoms with E-state index in [-0.39, 0.29) is 10.9 Å². The Hall–Kier alpha value is -2.60. The second-order valence-electron chi connectivity index (χ2n) is 7.80. The first-order chi connectivity index (χ1) is 14.8. The second kappa shape index (κ2) is 8.50. The van der Waals surface area contributed by atoms with Crippen LogP contribution in [0.4, 0.5) is 0 Å². The minimum absolute atomic E-state index is 0.0137. The minimum Gasteiger partial charge on any atom is -0.358 e. The van der Waals surface area contributed by atoms with Crippen LogP contribution in [0.25, 0.3) is 21.8 Å². The number of fused-ring (bicyclic) bond motifs is 2. The molecule has 0 bridgehead atoms. The number of rotatable bonds is 5. The number of aromatic amines is 2. The molecule has 0 aliphatic heterocycles. The van der Waals surface area contributed by atoms with E-state index in [1.54, 1.807) is 36.4 Å². The van der Waals surface area contributed by atoms with Gasteiger partial charge < -0.3 is 9.97 Å². The predicted molar refractivity (Wildman–Crippen MR) is 128 cm³/mol. The molecule has 0 radical (unpaired) electrons. The van der Waals surface area contributed by atoms with Crippen molar-refractivity contribution >= 4 is 45.0 Å². The molecule has 0 saturated heterocycles. The summed E-state index contributed by atoms with van der Waals surface area (Å²) in [5.74, 6) is 0. The van der Waals surface area contributed by atoms with Gasteiger partial charge in [-0.05, 0) is 56.8 Å². The van der Waals surface area contributed by atoms with Gasteiger partial charge in [-0.1, -0.05) is 30.1 Å². The van der Waals surface area contributed by atoms with E-state index in [9.17, 15) is 9.59 Å². The van der Waals surface area contributed by atoms with E-state index >= 15 is 0 Å². The molecule has 4 rings (SSSR count). The van der Waals surface area contributed by atoms with Gasteiger partial charge in [0.15, 0.2) is 10.9 Å². The Morgan fingerprint density at radius 3 is 1.58 bits per heavy atom. The van der Waals surface area contributed by atoms with Crippen molar-refractivity contribution in [3.63, 3.8) is 0 Å². The standard InChI is InChI=1S/C24H23Cl2N3O2/c1-4-29(11-19-13(2)27-21-9-15(25)5-7-17(21)23(19)30)12-20-14(3)28-22-10-16(26)6-8-18(22)24(20)31/h5-10H,4,11-12H2,1-3H3,(H,27,30)(H,28,31). The van der Waals surface area contributed by atoms with E-state index < -0.39 is 0 Å². The number of benzene rings is 2. The number of H-pyrrole nitrogens is 2. The second-order valence-corrected chi connectivity index (χ2v) is 8.67. The maximum absolute atomic E-state index is 13.1. The molecule has 7 heteroatoms. The van der Waals surface area contributed by atoms with Crippen molar-refractivity contribution in [3.05, 3.63) is 89.4 Å². The summed E-state index contributed by atoms with van der Waals surface area (Å²) in [4.78, 5) is 35.0. The Morgan fingerprint density at radius 1 is 0.774 bits per heavy atom. The van der Waals surface area contributed by atoms with E-state index in [4.69, 9.17) is 23.2 Å². The molecular weight excluding hydrogens is 433 g/mol. The molecule has 2 aromatic carbocycles. The first kappa shape index (κ1) is 21.6. The number of aryl methyl sites for hydroxylation is 2. The number of hydrogen-bond donors (Lipinski definition) is 2. The third-order valence-electron chi connectivity index (χ3n) is 5.76. The molecule has 31 heavy (non-hydrogen) atoms. The van der Waals surface area contributed by atoms with Crippen LogP contribution in [0.1, 0.15) is 29.4 Å². The van der Waals surface area contributed by atoms with E-state index in [1.807, 2.05) is 20.8 Å². The van der Waals surface area contributed by atoms with E-state index in [2.05, 4.69) is 14.9 Å². The molecule has 2 N–H and O–H groups in total. The monoisotopic (exact) mass is 455 g/mol. The van der Waals surface area contributed by atoms with Crippen molar-refractivity contribution in [2.75, 3.05) is 6.54 Å². The Bertz CT molecular complexity index is 1320. The van der Waals surface area contributed by atoms with E-state index in [0.29, 0.717) is 51.6 Å². The van der Waals surface area contributed by atoms with Crippen LogP contribution in [0.3, 0.4) is 0 Å². The number of nitrogens with one attached hydrogen (secondary N) is 2. The first-order valence-electron chi connectivity index (χ1n) is 10.1. The summed E-state index contributed by atoms with van der Waals surface area (Å²) in [6.07, 6.45) is 0.